The molecule has 1 aliphatic carbocycles. The Morgan fingerprint density at radius 3 is 2.30 bits per heavy atom. The van der Waals surface area contributed by atoms with Gasteiger partial charge in [0.1, 0.15) is 12.1 Å². The summed E-state index contributed by atoms with van der Waals surface area (Å²) in [5, 5.41) is 0.382. The van der Waals surface area contributed by atoms with Gasteiger partial charge in [-0.15, -0.1) is 0 Å². The number of hydrogen-bond acceptors (Lipinski definition) is 8. The normalized spacial score (nSPS) is 14.6. The summed E-state index contributed by atoms with van der Waals surface area (Å²) in [5.74, 6) is -1.19. The van der Waals surface area contributed by atoms with Gasteiger partial charge in [0.2, 0.25) is 10.0 Å². The second kappa shape index (κ2) is 14.9. The highest BCUT2D eigenvalue weighted by Gasteiger charge is 2.34. The molecule has 2 atom stereocenters. The Kier molecular flexibility index (Phi) is 11.5. The Morgan fingerprint density at radius 2 is 1.70 bits per heavy atom. The van der Waals surface area contributed by atoms with Crippen LogP contribution in [0.4, 0.5) is 8.78 Å². The van der Waals surface area contributed by atoms with E-state index in [1.54, 1.807) is 0 Å². The molecule has 46 heavy (non-hydrogen) atoms. The molecule has 1 heterocycles. The number of aromatic nitrogens is 1. The van der Waals surface area contributed by atoms with Gasteiger partial charge in [0.15, 0.2) is 11.5 Å². The Bertz CT molecular complexity index is 1670. The summed E-state index contributed by atoms with van der Waals surface area (Å²) in [6.07, 6.45) is 3.45. The topological polar surface area (TPSA) is 115 Å². The van der Waals surface area contributed by atoms with Crippen LogP contribution in [-0.2, 0) is 26.0 Å². The van der Waals surface area contributed by atoms with Gasteiger partial charge in [-0.25, -0.2) is 8.42 Å². The second-order valence-corrected chi connectivity index (χ2v) is 13.8. The number of halogens is 4. The third kappa shape index (κ3) is 8.64. The number of likely N-dealkylation sites (N-methyl/N-ethyl adjacent to an activating group) is 1. The van der Waals surface area contributed by atoms with Gasteiger partial charge >= 0.3 is 12.6 Å². The van der Waals surface area contributed by atoms with Gasteiger partial charge in [0, 0.05) is 45.5 Å². The number of esters is 1. The number of ether oxygens (including phenoxy) is 3. The van der Waals surface area contributed by atoms with Crippen molar-refractivity contribution < 1.29 is 41.0 Å². The fourth-order valence-corrected chi connectivity index (χ4v) is 6.26. The lowest BCUT2D eigenvalue weighted by Crippen LogP contribution is -2.41. The number of pyridine rings is 1. The minimum absolute atomic E-state index is 0.0255. The molecule has 1 aliphatic rings. The molecule has 0 bridgehead atoms. The van der Waals surface area contributed by atoms with Gasteiger partial charge in [0.05, 0.1) is 21.5 Å². The Morgan fingerprint density at radius 1 is 1.02 bits per heavy atom. The maximum atomic E-state index is 13.6. The van der Waals surface area contributed by atoms with Crippen molar-refractivity contribution in [2.45, 2.75) is 49.8 Å². The molecule has 1 amide bonds. The van der Waals surface area contributed by atoms with Crippen molar-refractivity contribution in [3.05, 3.63) is 81.6 Å². The quantitative estimate of drug-likeness (QED) is 0.188. The van der Waals surface area contributed by atoms with E-state index in [4.69, 9.17) is 32.7 Å². The molecular weight excluding hydrogens is 667 g/mol. The van der Waals surface area contributed by atoms with Gasteiger partial charge in [0.25, 0.3) is 5.91 Å². The van der Waals surface area contributed by atoms with Gasteiger partial charge < -0.3 is 19.1 Å². The van der Waals surface area contributed by atoms with E-state index in [9.17, 15) is 26.8 Å². The fourth-order valence-electron chi connectivity index (χ4n) is 4.38. The van der Waals surface area contributed by atoms with Gasteiger partial charge in [-0.05, 0) is 67.1 Å². The standard InChI is InChI=1S/C31H33Cl2F2N3O7S/c1-18(38(4)46(41,42)22-7-5-6-21(12-22)29(39)37(2)3)30(40)44-27(14-23-24(32)15-36-16-25(23)33)20-10-11-26(45-31(34)35)28(13-20)43-17-19-8-9-19/h5-7,10-13,15-16,18-19,27,31H,8-9,14,17H2,1-4H3/t18-,27-/m1/s1. The van der Waals surface area contributed by atoms with Crippen molar-refractivity contribution in [3.63, 3.8) is 0 Å². The molecule has 0 spiro atoms. The van der Waals surface area contributed by atoms with Crippen molar-refractivity contribution in [1.29, 1.82) is 0 Å². The van der Waals surface area contributed by atoms with Gasteiger partial charge in [-0.3, -0.25) is 14.6 Å². The predicted octanol–water partition coefficient (Wildman–Crippen LogP) is 6.02. The monoisotopic (exact) mass is 699 g/mol. The zero-order chi connectivity index (χ0) is 33.8. The molecule has 15 heteroatoms. The zero-order valence-electron chi connectivity index (χ0n) is 25.5. The van der Waals surface area contributed by atoms with Gasteiger partial charge in [-0.2, -0.15) is 13.1 Å². The van der Waals surface area contributed by atoms with Crippen molar-refractivity contribution in [3.8, 4) is 11.5 Å². The second-order valence-electron chi connectivity index (χ2n) is 11.0. The Hall–Kier alpha value is -3.52. The molecular formula is C31H33Cl2F2N3O7S. The van der Waals surface area contributed by atoms with Crippen LogP contribution in [-0.4, -0.2) is 74.9 Å². The number of carbonyl (C=O) groups is 2. The molecule has 0 radical (unpaired) electrons. The van der Waals surface area contributed by atoms with Crippen LogP contribution in [0.2, 0.25) is 10.0 Å². The van der Waals surface area contributed by atoms with Crippen LogP contribution in [0.15, 0.2) is 59.8 Å². The average Bonchev–Trinajstić information content (AvgIpc) is 3.85. The van der Waals surface area contributed by atoms with E-state index in [0.29, 0.717) is 17.0 Å². The predicted molar refractivity (Wildman–Crippen MR) is 167 cm³/mol. The van der Waals surface area contributed by atoms with Gasteiger partial charge in [-0.1, -0.05) is 35.3 Å². The number of nitrogens with zero attached hydrogens (tertiary/aromatic N) is 3. The molecule has 248 valence electrons. The maximum Gasteiger partial charge on any atom is 0.387 e. The first kappa shape index (κ1) is 35.3. The molecule has 3 aromatic rings. The van der Waals surface area contributed by atoms with Crippen molar-refractivity contribution in [2.24, 2.45) is 5.92 Å². The lowest BCUT2D eigenvalue weighted by Gasteiger charge is -2.27. The molecule has 1 aromatic heterocycles. The van der Waals surface area contributed by atoms with E-state index in [2.05, 4.69) is 9.72 Å². The minimum Gasteiger partial charge on any atom is -0.489 e. The number of rotatable bonds is 14. The minimum atomic E-state index is -4.27. The lowest BCUT2D eigenvalue weighted by molar-refractivity contribution is -0.153. The summed E-state index contributed by atoms with van der Waals surface area (Å²) in [6.45, 7) is -1.46. The molecule has 0 unspecified atom stereocenters. The van der Waals surface area contributed by atoms with Crippen molar-refractivity contribution in [2.75, 3.05) is 27.7 Å². The highest BCUT2D eigenvalue weighted by molar-refractivity contribution is 7.89. The largest absolute Gasteiger partial charge is 0.489 e. The smallest absolute Gasteiger partial charge is 0.387 e. The summed E-state index contributed by atoms with van der Waals surface area (Å²) in [7, 11) is 0.0278. The summed E-state index contributed by atoms with van der Waals surface area (Å²) in [6, 6.07) is 8.27. The van der Waals surface area contributed by atoms with Crippen LogP contribution < -0.4 is 9.47 Å². The summed E-state index contributed by atoms with van der Waals surface area (Å²) >= 11 is 12.7. The van der Waals surface area contributed by atoms with Crippen LogP contribution in [0.3, 0.4) is 0 Å². The zero-order valence-corrected chi connectivity index (χ0v) is 27.8. The van der Waals surface area contributed by atoms with Crippen LogP contribution in [0.25, 0.3) is 0 Å². The highest BCUT2D eigenvalue weighted by atomic mass is 35.5. The fraction of sp³-hybridized carbons (Fsp3) is 0.387. The van der Waals surface area contributed by atoms with Crippen LogP contribution in [0, 0.1) is 5.92 Å². The Balaban J connectivity index is 1.64. The number of sulfonamides is 1. The summed E-state index contributed by atoms with van der Waals surface area (Å²) in [4.78, 5) is 31.1. The SMILES string of the molecule is C[C@H](C(=O)O[C@H](Cc1c(Cl)cncc1Cl)c1ccc(OC(F)F)c(OCC2CC2)c1)N(C)S(=O)(=O)c1cccc(C(=O)N(C)C)c1. The lowest BCUT2D eigenvalue weighted by atomic mass is 10.0. The third-order valence-corrected chi connectivity index (χ3v) is 9.95. The molecule has 4 rings (SSSR count). The van der Waals surface area contributed by atoms with E-state index in [1.165, 1.54) is 87.8 Å². The molecule has 0 N–H and O–H groups in total. The molecule has 1 fully saturated rings. The summed E-state index contributed by atoms with van der Waals surface area (Å²) < 4.78 is 70.5. The highest BCUT2D eigenvalue weighted by Crippen LogP contribution is 2.38. The van der Waals surface area contributed by atoms with E-state index in [0.717, 1.165) is 17.1 Å². The van der Waals surface area contributed by atoms with Crippen molar-refractivity contribution >= 4 is 45.1 Å². The van der Waals surface area contributed by atoms with E-state index in [1.807, 2.05) is 0 Å². The van der Waals surface area contributed by atoms with Crippen LogP contribution in [0.1, 0.15) is 47.4 Å². The van der Waals surface area contributed by atoms with Crippen LogP contribution in [0.5, 0.6) is 11.5 Å². The molecule has 0 aliphatic heterocycles. The average molecular weight is 701 g/mol. The first-order valence-electron chi connectivity index (χ1n) is 14.2. The number of alkyl halides is 2. The first-order chi connectivity index (χ1) is 21.7. The third-order valence-electron chi connectivity index (χ3n) is 7.38. The Labute approximate surface area is 276 Å². The molecule has 2 aromatic carbocycles. The molecule has 0 saturated heterocycles. The number of amides is 1. The van der Waals surface area contributed by atoms with E-state index >= 15 is 0 Å². The number of carbonyl (C=O) groups excluding carboxylic acids is 2. The van der Waals surface area contributed by atoms with Crippen LogP contribution >= 0.6 is 23.2 Å². The maximum absolute atomic E-state index is 13.6. The van der Waals surface area contributed by atoms with E-state index in [-0.39, 0.29) is 45.0 Å². The first-order valence-corrected chi connectivity index (χ1v) is 16.4. The number of hydrogen-bond donors (Lipinski definition) is 0. The summed E-state index contributed by atoms with van der Waals surface area (Å²) in [5.41, 5.74) is 0.873. The molecule has 10 nitrogen and oxygen atoms in total. The molecule has 1 saturated carbocycles. The van der Waals surface area contributed by atoms with Crippen molar-refractivity contribution in [1.82, 2.24) is 14.2 Å². The van der Waals surface area contributed by atoms with E-state index < -0.39 is 40.7 Å². The number of benzene rings is 2.